The van der Waals surface area contributed by atoms with Crippen LogP contribution in [0.25, 0.3) is 10.2 Å². The Labute approximate surface area is 175 Å². The second-order valence-electron chi connectivity index (χ2n) is 6.02. The van der Waals surface area contributed by atoms with Gasteiger partial charge >= 0.3 is 12.1 Å². The molecule has 3 rings (SSSR count). The highest BCUT2D eigenvalue weighted by Gasteiger charge is 2.28. The molecule has 0 saturated carbocycles. The molecular weight excluding hydrogens is 443 g/mol. The fourth-order valence-electron chi connectivity index (χ4n) is 2.47. The Morgan fingerprint density at radius 1 is 1.19 bits per heavy atom. The van der Waals surface area contributed by atoms with Crippen LogP contribution >= 0.6 is 11.3 Å². The maximum Gasteiger partial charge on any atom is 0.422 e. The first-order valence-corrected chi connectivity index (χ1v) is 9.16. The van der Waals surface area contributed by atoms with E-state index in [2.05, 4.69) is 19.8 Å². The number of amides is 1. The minimum absolute atomic E-state index is 0.0206. The van der Waals surface area contributed by atoms with Crippen LogP contribution < -0.4 is 10.1 Å². The number of alkyl halides is 3. The molecule has 1 amide bonds. The first-order valence-electron chi connectivity index (χ1n) is 8.35. The number of nitrogens with zero attached hydrogens (tertiary/aromatic N) is 2. The van der Waals surface area contributed by atoms with Gasteiger partial charge in [-0.25, -0.2) is 9.78 Å². The number of esters is 1. The van der Waals surface area contributed by atoms with Gasteiger partial charge in [-0.15, -0.1) is 0 Å². The molecule has 3 aromatic rings. The lowest BCUT2D eigenvalue weighted by atomic mass is 10.1. The molecule has 162 valence electrons. The molecule has 0 saturated heterocycles. The standard InChI is InChI=1S/C18H12F3N3O6S/c1-29-16(26)10-4-9(5-11(6-10)24(27)28)15(25)23-17-22-13-3-2-12(7-14(13)31-17)30-8-18(19,20)21/h2-7H,8H2,1H3,(H,22,23,25). The first kappa shape index (κ1) is 22.0. The van der Waals surface area contributed by atoms with E-state index in [1.54, 1.807) is 0 Å². The number of halogens is 3. The van der Waals surface area contributed by atoms with E-state index >= 15 is 0 Å². The number of fused-ring (bicyclic) bond motifs is 1. The molecule has 0 aliphatic rings. The highest BCUT2D eigenvalue weighted by molar-refractivity contribution is 7.22. The number of benzene rings is 2. The van der Waals surface area contributed by atoms with Gasteiger partial charge in [0.25, 0.3) is 11.6 Å². The van der Waals surface area contributed by atoms with Gasteiger partial charge in [0.1, 0.15) is 5.75 Å². The number of hydrogen-bond donors (Lipinski definition) is 1. The number of methoxy groups -OCH3 is 1. The Hall–Kier alpha value is -3.74. The minimum Gasteiger partial charge on any atom is -0.484 e. The van der Waals surface area contributed by atoms with Gasteiger partial charge in [-0.2, -0.15) is 13.2 Å². The fourth-order valence-corrected chi connectivity index (χ4v) is 3.36. The predicted molar refractivity (Wildman–Crippen MR) is 104 cm³/mol. The van der Waals surface area contributed by atoms with Crippen LogP contribution in [0.4, 0.5) is 24.0 Å². The maximum atomic E-state index is 12.5. The third kappa shape index (κ3) is 5.45. The van der Waals surface area contributed by atoms with Crippen molar-refractivity contribution < 1.29 is 37.2 Å². The summed E-state index contributed by atoms with van der Waals surface area (Å²) < 4.78 is 46.5. The average molecular weight is 455 g/mol. The van der Waals surface area contributed by atoms with Crippen molar-refractivity contribution in [1.29, 1.82) is 0 Å². The van der Waals surface area contributed by atoms with Crippen LogP contribution in [0.2, 0.25) is 0 Å². The molecule has 1 N–H and O–H groups in total. The fraction of sp³-hybridized carbons (Fsp3) is 0.167. The van der Waals surface area contributed by atoms with Crippen molar-refractivity contribution in [1.82, 2.24) is 4.98 Å². The smallest absolute Gasteiger partial charge is 0.422 e. The van der Waals surface area contributed by atoms with Gasteiger partial charge in [0.15, 0.2) is 11.7 Å². The normalized spacial score (nSPS) is 11.2. The van der Waals surface area contributed by atoms with E-state index in [1.165, 1.54) is 18.2 Å². The van der Waals surface area contributed by atoms with Crippen LogP contribution in [-0.4, -0.2) is 41.7 Å². The molecule has 0 atom stereocenters. The second kappa shape index (κ2) is 8.55. The van der Waals surface area contributed by atoms with Crippen molar-refractivity contribution in [2.75, 3.05) is 19.0 Å². The van der Waals surface area contributed by atoms with Crippen molar-refractivity contribution in [3.63, 3.8) is 0 Å². The third-order valence-corrected chi connectivity index (χ3v) is 4.73. The van der Waals surface area contributed by atoms with Crippen molar-refractivity contribution >= 4 is 44.2 Å². The van der Waals surface area contributed by atoms with Crippen LogP contribution in [0.15, 0.2) is 36.4 Å². The minimum atomic E-state index is -4.48. The zero-order valence-electron chi connectivity index (χ0n) is 15.6. The molecule has 0 aliphatic carbocycles. The molecular formula is C18H12F3N3O6S. The zero-order chi connectivity index (χ0) is 22.8. The van der Waals surface area contributed by atoms with Gasteiger partial charge in [-0.1, -0.05) is 11.3 Å². The zero-order valence-corrected chi connectivity index (χ0v) is 16.4. The lowest BCUT2D eigenvalue weighted by Crippen LogP contribution is -2.19. The number of hydrogen-bond acceptors (Lipinski definition) is 8. The van der Waals surface area contributed by atoms with E-state index in [4.69, 9.17) is 0 Å². The Morgan fingerprint density at radius 3 is 2.55 bits per heavy atom. The molecule has 0 bridgehead atoms. The number of thiazole rings is 1. The lowest BCUT2D eigenvalue weighted by molar-refractivity contribution is -0.384. The predicted octanol–water partition coefficient (Wildman–Crippen LogP) is 4.18. The van der Waals surface area contributed by atoms with E-state index in [9.17, 15) is 32.9 Å². The summed E-state index contributed by atoms with van der Waals surface area (Å²) in [5.41, 5.74) is -0.446. The van der Waals surface area contributed by atoms with Crippen LogP contribution in [0, 0.1) is 10.1 Å². The van der Waals surface area contributed by atoms with Gasteiger partial charge in [-0.05, 0) is 24.3 Å². The quantitative estimate of drug-likeness (QED) is 0.336. The summed E-state index contributed by atoms with van der Waals surface area (Å²) in [6.07, 6.45) is -4.48. The van der Waals surface area contributed by atoms with Crippen LogP contribution in [0.1, 0.15) is 20.7 Å². The van der Waals surface area contributed by atoms with Crippen molar-refractivity contribution in [3.8, 4) is 5.75 Å². The number of anilines is 1. The topological polar surface area (TPSA) is 121 Å². The summed E-state index contributed by atoms with van der Waals surface area (Å²) in [7, 11) is 1.09. The van der Waals surface area contributed by atoms with E-state index in [-0.39, 0.29) is 22.0 Å². The molecule has 0 aliphatic heterocycles. The van der Waals surface area contributed by atoms with Gasteiger partial charge < -0.3 is 9.47 Å². The Balaban J connectivity index is 1.83. The van der Waals surface area contributed by atoms with Crippen molar-refractivity contribution in [2.24, 2.45) is 0 Å². The number of aromatic nitrogens is 1. The molecule has 0 spiro atoms. The summed E-state index contributed by atoms with van der Waals surface area (Å²) in [5.74, 6) is -1.65. The molecule has 0 fully saturated rings. The summed E-state index contributed by atoms with van der Waals surface area (Å²) in [5, 5.41) is 13.6. The SMILES string of the molecule is COC(=O)c1cc(C(=O)Nc2nc3ccc(OCC(F)(F)F)cc3s2)cc([N+](=O)[O-])c1. The Kier molecular flexibility index (Phi) is 6.06. The number of nitro benzene ring substituents is 1. The van der Waals surface area contributed by atoms with Crippen LogP contribution in [0.3, 0.4) is 0 Å². The van der Waals surface area contributed by atoms with Gasteiger partial charge in [0.05, 0.1) is 27.8 Å². The largest absolute Gasteiger partial charge is 0.484 e. The summed E-state index contributed by atoms with van der Waals surface area (Å²) in [6.45, 7) is -1.45. The number of nitrogens with one attached hydrogen (secondary N) is 1. The number of carbonyl (C=O) groups is 2. The monoisotopic (exact) mass is 455 g/mol. The highest BCUT2D eigenvalue weighted by atomic mass is 32.1. The van der Waals surface area contributed by atoms with Gasteiger partial charge in [-0.3, -0.25) is 20.2 Å². The first-order chi connectivity index (χ1) is 14.6. The number of carbonyl (C=O) groups excluding carboxylic acids is 2. The third-order valence-electron chi connectivity index (χ3n) is 3.79. The summed E-state index contributed by atoms with van der Waals surface area (Å²) in [4.78, 5) is 38.7. The number of nitro groups is 1. The van der Waals surface area contributed by atoms with Crippen molar-refractivity contribution in [3.05, 3.63) is 57.6 Å². The molecule has 0 radical (unpaired) electrons. The highest BCUT2D eigenvalue weighted by Crippen LogP contribution is 2.30. The van der Waals surface area contributed by atoms with E-state index in [0.717, 1.165) is 36.6 Å². The molecule has 31 heavy (non-hydrogen) atoms. The molecule has 1 aromatic heterocycles. The average Bonchev–Trinajstić information content (AvgIpc) is 3.12. The van der Waals surface area contributed by atoms with Gasteiger partial charge in [0, 0.05) is 17.7 Å². The summed E-state index contributed by atoms with van der Waals surface area (Å²) in [6, 6.07) is 7.17. The lowest BCUT2D eigenvalue weighted by Gasteiger charge is -2.08. The second-order valence-corrected chi connectivity index (χ2v) is 7.05. The number of rotatable bonds is 6. The van der Waals surface area contributed by atoms with E-state index in [1.807, 2.05) is 0 Å². The Bertz CT molecular complexity index is 1180. The molecule has 13 heteroatoms. The van der Waals surface area contributed by atoms with E-state index < -0.39 is 35.3 Å². The Morgan fingerprint density at radius 2 is 1.90 bits per heavy atom. The van der Waals surface area contributed by atoms with Crippen LogP contribution in [0.5, 0.6) is 5.75 Å². The molecule has 2 aromatic carbocycles. The van der Waals surface area contributed by atoms with Crippen molar-refractivity contribution in [2.45, 2.75) is 6.18 Å². The summed E-state index contributed by atoms with van der Waals surface area (Å²) >= 11 is 0.963. The maximum absolute atomic E-state index is 12.5. The molecule has 9 nitrogen and oxygen atoms in total. The number of non-ortho nitro benzene ring substituents is 1. The van der Waals surface area contributed by atoms with Crippen LogP contribution in [-0.2, 0) is 4.74 Å². The molecule has 0 unspecified atom stereocenters. The van der Waals surface area contributed by atoms with E-state index in [0.29, 0.717) is 10.2 Å². The number of ether oxygens (including phenoxy) is 2. The molecule has 1 heterocycles. The van der Waals surface area contributed by atoms with Gasteiger partial charge in [0.2, 0.25) is 0 Å².